The lowest BCUT2D eigenvalue weighted by atomic mass is 10.1. The molecule has 1 aliphatic heterocycles. The molecule has 124 valence electrons. The molecule has 0 aliphatic carbocycles. The van der Waals surface area contributed by atoms with Crippen LogP contribution in [0.15, 0.2) is 24.3 Å². The molecule has 0 N–H and O–H groups in total. The van der Waals surface area contributed by atoms with E-state index < -0.39 is 0 Å². The van der Waals surface area contributed by atoms with Crippen molar-refractivity contribution in [3.63, 3.8) is 0 Å². The highest BCUT2D eigenvalue weighted by molar-refractivity contribution is 5.85. The van der Waals surface area contributed by atoms with Crippen molar-refractivity contribution >= 4 is 29.1 Å². The standard InChI is InChI=1S/C17H21N3O2.ClH/c1-13-18-16-6-3-2-5-15(16)17(19-13)22-12-4-9-20-10-7-14(21)8-11-20;/h2-3,5-6H,4,7-12H2,1H3;1H. The molecule has 0 bridgehead atoms. The number of benzene rings is 1. The van der Waals surface area contributed by atoms with Gasteiger partial charge in [-0.2, -0.15) is 4.98 Å². The number of aryl methyl sites for hydroxylation is 1. The summed E-state index contributed by atoms with van der Waals surface area (Å²) in [6.45, 7) is 5.24. The number of rotatable bonds is 5. The van der Waals surface area contributed by atoms with Gasteiger partial charge < -0.3 is 9.64 Å². The molecule has 0 amide bonds. The molecule has 2 aromatic rings. The zero-order valence-electron chi connectivity index (χ0n) is 13.3. The third-order valence-electron chi connectivity index (χ3n) is 3.95. The maximum Gasteiger partial charge on any atom is 0.224 e. The van der Waals surface area contributed by atoms with E-state index in [9.17, 15) is 4.79 Å². The topological polar surface area (TPSA) is 55.3 Å². The molecular weight excluding hydrogens is 314 g/mol. The molecule has 1 fully saturated rings. The molecule has 5 nitrogen and oxygen atoms in total. The van der Waals surface area contributed by atoms with Crippen LogP contribution in [0.3, 0.4) is 0 Å². The predicted molar refractivity (Wildman–Crippen MR) is 92.3 cm³/mol. The molecule has 2 heterocycles. The molecule has 0 spiro atoms. The van der Waals surface area contributed by atoms with Gasteiger partial charge in [-0.1, -0.05) is 12.1 Å². The molecule has 1 aliphatic rings. The van der Waals surface area contributed by atoms with Crippen LogP contribution in [0.5, 0.6) is 5.88 Å². The summed E-state index contributed by atoms with van der Waals surface area (Å²) >= 11 is 0. The van der Waals surface area contributed by atoms with Gasteiger partial charge in [0.2, 0.25) is 5.88 Å². The van der Waals surface area contributed by atoms with E-state index in [2.05, 4.69) is 14.9 Å². The van der Waals surface area contributed by atoms with E-state index in [1.54, 1.807) is 0 Å². The fourth-order valence-electron chi connectivity index (χ4n) is 2.75. The van der Waals surface area contributed by atoms with Crippen molar-refractivity contribution in [3.05, 3.63) is 30.1 Å². The van der Waals surface area contributed by atoms with Gasteiger partial charge in [0.25, 0.3) is 0 Å². The maximum absolute atomic E-state index is 11.2. The molecule has 0 unspecified atom stereocenters. The highest BCUT2D eigenvalue weighted by Crippen LogP contribution is 2.22. The average molecular weight is 336 g/mol. The summed E-state index contributed by atoms with van der Waals surface area (Å²) in [5.74, 6) is 1.77. The Bertz CT molecular complexity index is 668. The number of hydrogen-bond donors (Lipinski definition) is 0. The van der Waals surface area contributed by atoms with Gasteiger partial charge >= 0.3 is 0 Å². The first kappa shape index (κ1) is 17.6. The number of fused-ring (bicyclic) bond motifs is 1. The molecular formula is C17H22ClN3O2. The summed E-state index contributed by atoms with van der Waals surface area (Å²) in [6, 6.07) is 7.90. The minimum atomic E-state index is 0. The molecule has 1 aromatic heterocycles. The summed E-state index contributed by atoms with van der Waals surface area (Å²) in [5.41, 5.74) is 0.916. The minimum Gasteiger partial charge on any atom is -0.477 e. The Morgan fingerprint density at radius 1 is 1.17 bits per heavy atom. The Labute approximate surface area is 142 Å². The number of Topliss-reactive ketones (excluding diaryl/α,β-unsaturated/α-hetero) is 1. The highest BCUT2D eigenvalue weighted by Gasteiger charge is 2.15. The molecule has 23 heavy (non-hydrogen) atoms. The normalized spacial score (nSPS) is 15.4. The lowest BCUT2D eigenvalue weighted by Crippen LogP contribution is -2.35. The Kier molecular flexibility index (Phi) is 6.30. The average Bonchev–Trinajstić information content (AvgIpc) is 2.53. The van der Waals surface area contributed by atoms with Crippen molar-refractivity contribution in [1.29, 1.82) is 0 Å². The number of piperidine rings is 1. The van der Waals surface area contributed by atoms with Crippen LogP contribution in [-0.4, -0.2) is 46.9 Å². The van der Waals surface area contributed by atoms with Gasteiger partial charge in [0.15, 0.2) is 0 Å². The maximum atomic E-state index is 11.2. The first-order valence-corrected chi connectivity index (χ1v) is 7.82. The summed E-state index contributed by atoms with van der Waals surface area (Å²) in [6.07, 6.45) is 2.32. The van der Waals surface area contributed by atoms with Crippen LogP contribution < -0.4 is 4.74 Å². The van der Waals surface area contributed by atoms with Crippen LogP contribution in [0.1, 0.15) is 25.1 Å². The van der Waals surface area contributed by atoms with Gasteiger partial charge in [-0.15, -0.1) is 12.4 Å². The van der Waals surface area contributed by atoms with E-state index in [0.29, 0.717) is 31.1 Å². The second-order valence-corrected chi connectivity index (χ2v) is 5.68. The second-order valence-electron chi connectivity index (χ2n) is 5.68. The number of ketones is 1. The smallest absolute Gasteiger partial charge is 0.224 e. The van der Waals surface area contributed by atoms with Gasteiger partial charge in [-0.3, -0.25) is 4.79 Å². The van der Waals surface area contributed by atoms with Crippen LogP contribution in [0.4, 0.5) is 0 Å². The van der Waals surface area contributed by atoms with Crippen LogP contribution in [0.2, 0.25) is 0 Å². The van der Waals surface area contributed by atoms with E-state index in [0.717, 1.165) is 42.8 Å². The van der Waals surface area contributed by atoms with E-state index in [4.69, 9.17) is 4.74 Å². The number of para-hydroxylation sites is 1. The molecule has 1 aromatic carbocycles. The number of nitrogens with zero attached hydrogens (tertiary/aromatic N) is 3. The number of hydrogen-bond acceptors (Lipinski definition) is 5. The van der Waals surface area contributed by atoms with Crippen molar-refractivity contribution in [1.82, 2.24) is 14.9 Å². The Balaban J connectivity index is 0.00000192. The summed E-state index contributed by atoms with van der Waals surface area (Å²) in [4.78, 5) is 22.4. The van der Waals surface area contributed by atoms with E-state index in [1.165, 1.54) is 0 Å². The van der Waals surface area contributed by atoms with E-state index >= 15 is 0 Å². The van der Waals surface area contributed by atoms with Gasteiger partial charge in [0, 0.05) is 32.5 Å². The third kappa shape index (κ3) is 4.62. The minimum absolute atomic E-state index is 0. The first-order valence-electron chi connectivity index (χ1n) is 7.82. The number of likely N-dealkylation sites (tertiary alicyclic amines) is 1. The zero-order valence-corrected chi connectivity index (χ0v) is 14.1. The SMILES string of the molecule is Cc1nc(OCCCN2CCC(=O)CC2)c2ccccc2n1.Cl. The van der Waals surface area contributed by atoms with Gasteiger partial charge in [0.05, 0.1) is 17.5 Å². The lowest BCUT2D eigenvalue weighted by Gasteiger charge is -2.25. The lowest BCUT2D eigenvalue weighted by molar-refractivity contribution is -0.121. The second kappa shape index (κ2) is 8.22. The number of aromatic nitrogens is 2. The monoisotopic (exact) mass is 335 g/mol. The largest absolute Gasteiger partial charge is 0.477 e. The number of ether oxygens (including phenoxy) is 1. The fourth-order valence-corrected chi connectivity index (χ4v) is 2.75. The van der Waals surface area contributed by atoms with Crippen LogP contribution in [-0.2, 0) is 4.79 Å². The van der Waals surface area contributed by atoms with Gasteiger partial charge in [-0.25, -0.2) is 4.98 Å². The Morgan fingerprint density at radius 2 is 1.91 bits per heavy atom. The number of halogens is 1. The fraction of sp³-hybridized carbons (Fsp3) is 0.471. The van der Waals surface area contributed by atoms with Crippen LogP contribution in [0, 0.1) is 6.92 Å². The van der Waals surface area contributed by atoms with Gasteiger partial charge in [-0.05, 0) is 25.5 Å². The van der Waals surface area contributed by atoms with Crippen molar-refractivity contribution in [2.45, 2.75) is 26.2 Å². The molecule has 6 heteroatoms. The first-order chi connectivity index (χ1) is 10.7. The highest BCUT2D eigenvalue weighted by atomic mass is 35.5. The quantitative estimate of drug-likeness (QED) is 0.786. The Hall–Kier alpha value is -1.72. The molecule has 3 rings (SSSR count). The Morgan fingerprint density at radius 3 is 2.70 bits per heavy atom. The summed E-state index contributed by atoms with van der Waals surface area (Å²) in [5, 5.41) is 0.955. The summed E-state index contributed by atoms with van der Waals surface area (Å²) < 4.78 is 5.87. The van der Waals surface area contributed by atoms with Crippen molar-refractivity contribution in [2.24, 2.45) is 0 Å². The van der Waals surface area contributed by atoms with Crippen molar-refractivity contribution < 1.29 is 9.53 Å². The van der Waals surface area contributed by atoms with Crippen LogP contribution >= 0.6 is 12.4 Å². The predicted octanol–water partition coefficient (Wildman–Crippen LogP) is 2.79. The molecule has 1 saturated heterocycles. The van der Waals surface area contributed by atoms with Crippen LogP contribution in [0.25, 0.3) is 10.9 Å². The van der Waals surface area contributed by atoms with Crippen molar-refractivity contribution in [2.75, 3.05) is 26.2 Å². The van der Waals surface area contributed by atoms with Gasteiger partial charge in [0.1, 0.15) is 11.6 Å². The number of carbonyl (C=O) groups is 1. The van der Waals surface area contributed by atoms with Crippen molar-refractivity contribution in [3.8, 4) is 5.88 Å². The molecule has 0 atom stereocenters. The number of carbonyl (C=O) groups excluding carboxylic acids is 1. The third-order valence-corrected chi connectivity index (χ3v) is 3.95. The molecule has 0 radical (unpaired) electrons. The summed E-state index contributed by atoms with van der Waals surface area (Å²) in [7, 11) is 0. The van der Waals surface area contributed by atoms with E-state index in [1.807, 2.05) is 31.2 Å². The zero-order chi connectivity index (χ0) is 15.4. The van der Waals surface area contributed by atoms with E-state index in [-0.39, 0.29) is 12.4 Å². The molecule has 0 saturated carbocycles.